The van der Waals surface area contributed by atoms with Crippen LogP contribution in [0.25, 0.3) is 5.65 Å². The lowest BCUT2D eigenvalue weighted by atomic mass is 10.1. The molecule has 0 radical (unpaired) electrons. The van der Waals surface area contributed by atoms with E-state index < -0.39 is 0 Å². The molecule has 0 saturated carbocycles. The SMILES string of the molecule is Cc1cccc2nc(CC(C)C)c(Br)n12. The highest BCUT2D eigenvalue weighted by Gasteiger charge is 2.11. The molecule has 2 heterocycles. The van der Waals surface area contributed by atoms with Crippen molar-refractivity contribution in [3.05, 3.63) is 34.2 Å². The smallest absolute Gasteiger partial charge is 0.138 e. The molecule has 2 nitrogen and oxygen atoms in total. The molecular weight excluding hydrogens is 252 g/mol. The Labute approximate surface area is 98.5 Å². The first-order valence-electron chi connectivity index (χ1n) is 5.22. The zero-order valence-corrected chi connectivity index (χ0v) is 10.9. The lowest BCUT2D eigenvalue weighted by Crippen LogP contribution is -1.95. The van der Waals surface area contributed by atoms with Crippen LogP contribution in [0.4, 0.5) is 0 Å². The van der Waals surface area contributed by atoms with E-state index >= 15 is 0 Å². The maximum Gasteiger partial charge on any atom is 0.138 e. The Morgan fingerprint density at radius 1 is 1.40 bits per heavy atom. The number of nitrogens with zero attached hydrogens (tertiary/aromatic N) is 2. The Hall–Kier alpha value is -0.830. The van der Waals surface area contributed by atoms with Gasteiger partial charge in [-0.2, -0.15) is 0 Å². The molecular formula is C12H15BrN2. The fraction of sp³-hybridized carbons (Fsp3) is 0.417. The van der Waals surface area contributed by atoms with Gasteiger partial charge in [-0.05, 0) is 47.3 Å². The van der Waals surface area contributed by atoms with E-state index in [2.05, 4.69) is 52.2 Å². The number of halogens is 1. The Morgan fingerprint density at radius 2 is 2.13 bits per heavy atom. The first kappa shape index (κ1) is 10.7. The van der Waals surface area contributed by atoms with E-state index in [9.17, 15) is 0 Å². The minimum absolute atomic E-state index is 0.631. The Balaban J connectivity index is 2.59. The molecule has 0 aliphatic carbocycles. The van der Waals surface area contributed by atoms with Gasteiger partial charge in [-0.15, -0.1) is 0 Å². The van der Waals surface area contributed by atoms with Gasteiger partial charge in [-0.1, -0.05) is 19.9 Å². The summed E-state index contributed by atoms with van der Waals surface area (Å²) in [5.74, 6) is 0.631. The van der Waals surface area contributed by atoms with Crippen LogP contribution in [0, 0.1) is 12.8 Å². The van der Waals surface area contributed by atoms with E-state index in [0.717, 1.165) is 22.4 Å². The van der Waals surface area contributed by atoms with Gasteiger partial charge in [0, 0.05) is 5.69 Å². The molecule has 3 heteroatoms. The summed E-state index contributed by atoms with van der Waals surface area (Å²) in [6, 6.07) is 6.18. The Morgan fingerprint density at radius 3 is 2.73 bits per heavy atom. The van der Waals surface area contributed by atoms with Crippen molar-refractivity contribution in [3.8, 4) is 0 Å². The number of rotatable bonds is 2. The summed E-state index contributed by atoms with van der Waals surface area (Å²) in [6.45, 7) is 6.52. The molecule has 0 saturated heterocycles. The van der Waals surface area contributed by atoms with Crippen molar-refractivity contribution in [1.82, 2.24) is 9.38 Å². The van der Waals surface area contributed by atoms with Crippen LogP contribution in [0.1, 0.15) is 25.2 Å². The maximum atomic E-state index is 4.63. The van der Waals surface area contributed by atoms with E-state index in [1.165, 1.54) is 5.69 Å². The zero-order valence-electron chi connectivity index (χ0n) is 9.29. The second-order valence-corrected chi connectivity index (χ2v) is 5.06. The van der Waals surface area contributed by atoms with Gasteiger partial charge in [-0.25, -0.2) is 4.98 Å². The van der Waals surface area contributed by atoms with Gasteiger partial charge < -0.3 is 0 Å². The molecule has 0 amide bonds. The molecule has 80 valence electrons. The lowest BCUT2D eigenvalue weighted by molar-refractivity contribution is 0.635. The second kappa shape index (κ2) is 3.97. The van der Waals surface area contributed by atoms with E-state index in [-0.39, 0.29) is 0 Å². The van der Waals surface area contributed by atoms with Gasteiger partial charge in [-0.3, -0.25) is 4.40 Å². The third-order valence-electron chi connectivity index (χ3n) is 2.45. The minimum atomic E-state index is 0.631. The van der Waals surface area contributed by atoms with Crippen LogP contribution in [-0.2, 0) is 6.42 Å². The molecule has 15 heavy (non-hydrogen) atoms. The van der Waals surface area contributed by atoms with Crippen molar-refractivity contribution in [2.24, 2.45) is 5.92 Å². The van der Waals surface area contributed by atoms with Gasteiger partial charge in [0.25, 0.3) is 0 Å². The van der Waals surface area contributed by atoms with Gasteiger partial charge in [0.15, 0.2) is 0 Å². The summed E-state index contributed by atoms with van der Waals surface area (Å²) in [6.07, 6.45) is 1.02. The second-order valence-electron chi connectivity index (χ2n) is 4.31. The molecule has 2 aromatic rings. The van der Waals surface area contributed by atoms with Gasteiger partial charge in [0.05, 0.1) is 5.69 Å². The van der Waals surface area contributed by atoms with Crippen LogP contribution < -0.4 is 0 Å². The molecule has 0 aromatic carbocycles. The molecule has 0 bridgehead atoms. The average molecular weight is 267 g/mol. The van der Waals surface area contributed by atoms with Gasteiger partial charge in [0.2, 0.25) is 0 Å². The van der Waals surface area contributed by atoms with Crippen LogP contribution in [-0.4, -0.2) is 9.38 Å². The molecule has 0 aliphatic rings. The maximum absolute atomic E-state index is 4.63. The third-order valence-corrected chi connectivity index (χ3v) is 3.26. The standard InChI is InChI=1S/C12H15BrN2/c1-8(2)7-10-12(13)15-9(3)5-4-6-11(15)14-10/h4-6,8H,7H2,1-3H3. The highest BCUT2D eigenvalue weighted by atomic mass is 79.9. The number of aromatic nitrogens is 2. The summed E-state index contributed by atoms with van der Waals surface area (Å²) >= 11 is 3.63. The lowest BCUT2D eigenvalue weighted by Gasteiger charge is -2.02. The predicted octanol–water partition coefficient (Wildman–Crippen LogP) is 3.60. The normalized spacial score (nSPS) is 11.5. The first-order chi connectivity index (χ1) is 7.09. The molecule has 0 fully saturated rings. The number of imidazole rings is 1. The van der Waals surface area contributed by atoms with Crippen molar-refractivity contribution in [2.75, 3.05) is 0 Å². The van der Waals surface area contributed by atoms with Crippen LogP contribution in [0.2, 0.25) is 0 Å². The van der Waals surface area contributed by atoms with Crippen LogP contribution in [0.3, 0.4) is 0 Å². The largest absolute Gasteiger partial charge is 0.291 e. The van der Waals surface area contributed by atoms with Crippen molar-refractivity contribution in [2.45, 2.75) is 27.2 Å². The quantitative estimate of drug-likeness (QED) is 0.812. The number of pyridine rings is 1. The van der Waals surface area contributed by atoms with Crippen molar-refractivity contribution in [1.29, 1.82) is 0 Å². The third kappa shape index (κ3) is 1.93. The predicted molar refractivity (Wildman–Crippen MR) is 66.2 cm³/mol. The summed E-state index contributed by atoms with van der Waals surface area (Å²) in [7, 11) is 0. The summed E-state index contributed by atoms with van der Waals surface area (Å²) in [4.78, 5) is 4.63. The van der Waals surface area contributed by atoms with E-state index in [4.69, 9.17) is 0 Å². The first-order valence-corrected chi connectivity index (χ1v) is 6.01. The fourth-order valence-electron chi connectivity index (χ4n) is 1.78. The van der Waals surface area contributed by atoms with Crippen LogP contribution >= 0.6 is 15.9 Å². The molecule has 2 rings (SSSR count). The Kier molecular flexibility index (Phi) is 2.83. The summed E-state index contributed by atoms with van der Waals surface area (Å²) in [5, 5.41) is 0. The van der Waals surface area contributed by atoms with Crippen molar-refractivity contribution >= 4 is 21.6 Å². The van der Waals surface area contributed by atoms with E-state index in [1.807, 2.05) is 12.1 Å². The van der Waals surface area contributed by atoms with E-state index in [1.54, 1.807) is 0 Å². The number of hydrogen-bond donors (Lipinski definition) is 0. The number of fused-ring (bicyclic) bond motifs is 1. The monoisotopic (exact) mass is 266 g/mol. The molecule has 0 atom stereocenters. The van der Waals surface area contributed by atoms with Crippen LogP contribution in [0.15, 0.2) is 22.8 Å². The summed E-state index contributed by atoms with van der Waals surface area (Å²) in [5.41, 5.74) is 3.39. The Bertz CT molecular complexity index is 486. The molecule has 0 aliphatic heterocycles. The molecule has 0 unspecified atom stereocenters. The molecule has 0 spiro atoms. The van der Waals surface area contributed by atoms with Gasteiger partial charge >= 0.3 is 0 Å². The minimum Gasteiger partial charge on any atom is -0.291 e. The van der Waals surface area contributed by atoms with Gasteiger partial charge in [0.1, 0.15) is 10.3 Å². The highest BCUT2D eigenvalue weighted by Crippen LogP contribution is 2.22. The topological polar surface area (TPSA) is 17.3 Å². The van der Waals surface area contributed by atoms with Crippen LogP contribution in [0.5, 0.6) is 0 Å². The fourth-order valence-corrected chi connectivity index (χ4v) is 2.49. The molecule has 2 aromatic heterocycles. The highest BCUT2D eigenvalue weighted by molar-refractivity contribution is 9.10. The van der Waals surface area contributed by atoms with Crippen molar-refractivity contribution < 1.29 is 0 Å². The van der Waals surface area contributed by atoms with E-state index in [0.29, 0.717) is 5.92 Å². The number of hydrogen-bond acceptors (Lipinski definition) is 1. The molecule has 0 N–H and O–H groups in total. The zero-order chi connectivity index (χ0) is 11.0. The number of aryl methyl sites for hydroxylation is 1. The summed E-state index contributed by atoms with van der Waals surface area (Å²) < 4.78 is 3.25. The average Bonchev–Trinajstić information content (AvgIpc) is 2.44. The van der Waals surface area contributed by atoms with Crippen molar-refractivity contribution in [3.63, 3.8) is 0 Å².